The average molecular weight is 175 g/mol. The van der Waals surface area contributed by atoms with E-state index in [1.807, 2.05) is 0 Å². The normalized spacial score (nSPS) is 9.75. The monoisotopic (exact) mass is 175 g/mol. The maximum atomic E-state index is 10.1. The van der Waals surface area contributed by atoms with E-state index in [1.54, 1.807) is 0 Å². The van der Waals surface area contributed by atoms with E-state index < -0.39 is 6.09 Å². The van der Waals surface area contributed by atoms with Crippen LogP contribution in [-0.4, -0.2) is 25.9 Å². The van der Waals surface area contributed by atoms with E-state index in [2.05, 4.69) is 11.7 Å². The summed E-state index contributed by atoms with van der Waals surface area (Å²) in [6, 6.07) is 0. The smallest absolute Gasteiger partial charge is 0.404 e. The fourth-order valence-electron chi connectivity index (χ4n) is 0.682. The number of primary amides is 1. The van der Waals surface area contributed by atoms with Crippen molar-refractivity contribution in [2.75, 3.05) is 19.8 Å². The minimum Gasteiger partial charge on any atom is -0.450 e. The van der Waals surface area contributed by atoms with Crippen molar-refractivity contribution in [3.05, 3.63) is 0 Å². The van der Waals surface area contributed by atoms with Crippen LogP contribution in [0.2, 0.25) is 0 Å². The lowest BCUT2D eigenvalue weighted by Gasteiger charge is -2.02. The number of nitrogens with two attached hydrogens (primary N) is 1. The lowest BCUT2D eigenvalue weighted by atomic mass is 10.4. The Kier molecular flexibility index (Phi) is 7.79. The molecule has 0 aromatic carbocycles. The summed E-state index contributed by atoms with van der Waals surface area (Å²) in [6.07, 6.45) is 2.21. The fourth-order valence-corrected chi connectivity index (χ4v) is 0.682. The van der Waals surface area contributed by atoms with Crippen LogP contribution in [0.5, 0.6) is 0 Å². The molecule has 72 valence electrons. The van der Waals surface area contributed by atoms with Gasteiger partial charge < -0.3 is 15.2 Å². The van der Waals surface area contributed by atoms with Crippen LogP contribution >= 0.6 is 0 Å². The van der Waals surface area contributed by atoms with E-state index in [0.717, 1.165) is 19.4 Å². The maximum absolute atomic E-state index is 10.1. The van der Waals surface area contributed by atoms with Crippen LogP contribution in [0.25, 0.3) is 0 Å². The highest BCUT2D eigenvalue weighted by Gasteiger charge is 1.92. The molecule has 0 atom stereocenters. The van der Waals surface area contributed by atoms with Gasteiger partial charge in [-0.25, -0.2) is 4.79 Å². The summed E-state index contributed by atoms with van der Waals surface area (Å²) in [5.74, 6) is 0. The zero-order valence-electron chi connectivity index (χ0n) is 7.54. The molecule has 0 unspecified atom stereocenters. The summed E-state index contributed by atoms with van der Waals surface area (Å²) in [5.41, 5.74) is 4.75. The van der Waals surface area contributed by atoms with Crippen molar-refractivity contribution < 1.29 is 14.3 Å². The maximum Gasteiger partial charge on any atom is 0.404 e. The minimum atomic E-state index is -0.719. The van der Waals surface area contributed by atoms with Crippen molar-refractivity contribution in [1.29, 1.82) is 0 Å². The van der Waals surface area contributed by atoms with E-state index >= 15 is 0 Å². The number of rotatable bonds is 7. The molecular formula is C8H17NO3. The molecule has 0 aromatic rings. The van der Waals surface area contributed by atoms with Gasteiger partial charge in [-0.15, -0.1) is 0 Å². The predicted molar refractivity (Wildman–Crippen MR) is 45.9 cm³/mol. The number of hydrogen-bond acceptors (Lipinski definition) is 3. The van der Waals surface area contributed by atoms with Crippen LogP contribution in [0.3, 0.4) is 0 Å². The molecule has 0 spiro atoms. The van der Waals surface area contributed by atoms with Crippen LogP contribution in [0.1, 0.15) is 26.2 Å². The minimum absolute atomic E-state index is 0.349. The first-order chi connectivity index (χ1) is 5.77. The summed E-state index contributed by atoms with van der Waals surface area (Å²) >= 11 is 0. The number of ether oxygens (including phenoxy) is 2. The van der Waals surface area contributed by atoms with Crippen LogP contribution in [-0.2, 0) is 9.47 Å². The Hall–Kier alpha value is -0.770. The number of hydrogen-bond donors (Lipinski definition) is 1. The van der Waals surface area contributed by atoms with E-state index in [1.165, 1.54) is 0 Å². The zero-order valence-corrected chi connectivity index (χ0v) is 7.54. The summed E-state index contributed by atoms with van der Waals surface area (Å²) < 4.78 is 9.73. The summed E-state index contributed by atoms with van der Waals surface area (Å²) in [6.45, 7) is 3.88. The van der Waals surface area contributed by atoms with Crippen LogP contribution in [0, 0.1) is 0 Å². The molecule has 0 aromatic heterocycles. The summed E-state index contributed by atoms with van der Waals surface area (Å²) in [7, 11) is 0. The topological polar surface area (TPSA) is 61.6 Å². The first-order valence-corrected chi connectivity index (χ1v) is 4.27. The molecule has 0 aliphatic heterocycles. The first-order valence-electron chi connectivity index (χ1n) is 4.27. The number of amides is 1. The second-order valence-electron chi connectivity index (χ2n) is 2.49. The largest absolute Gasteiger partial charge is 0.450 e. The predicted octanol–water partition coefficient (Wildman–Crippen LogP) is 1.29. The Balaban J connectivity index is 2.86. The van der Waals surface area contributed by atoms with Gasteiger partial charge in [0.05, 0.1) is 6.61 Å². The van der Waals surface area contributed by atoms with Gasteiger partial charge in [-0.1, -0.05) is 13.3 Å². The Morgan fingerprint density at radius 2 is 1.92 bits per heavy atom. The van der Waals surface area contributed by atoms with E-state index in [0.29, 0.717) is 19.6 Å². The first kappa shape index (κ1) is 11.2. The molecule has 0 aliphatic rings. The SMILES string of the molecule is CCCCOCCCOC(N)=O. The van der Waals surface area contributed by atoms with Gasteiger partial charge in [-0.2, -0.15) is 0 Å². The second-order valence-corrected chi connectivity index (χ2v) is 2.49. The van der Waals surface area contributed by atoms with Crippen molar-refractivity contribution in [2.45, 2.75) is 26.2 Å². The van der Waals surface area contributed by atoms with Crippen molar-refractivity contribution in [1.82, 2.24) is 0 Å². The molecule has 0 saturated heterocycles. The van der Waals surface area contributed by atoms with Gasteiger partial charge in [0.15, 0.2) is 0 Å². The summed E-state index contributed by atoms with van der Waals surface area (Å²) in [4.78, 5) is 10.1. The van der Waals surface area contributed by atoms with Gasteiger partial charge in [0.1, 0.15) is 0 Å². The highest BCUT2D eigenvalue weighted by molar-refractivity contribution is 5.64. The second kappa shape index (κ2) is 8.33. The molecule has 4 nitrogen and oxygen atoms in total. The van der Waals surface area contributed by atoms with Gasteiger partial charge in [-0.3, -0.25) is 0 Å². The summed E-state index contributed by atoms with van der Waals surface area (Å²) in [5, 5.41) is 0. The van der Waals surface area contributed by atoms with Crippen molar-refractivity contribution in [3.8, 4) is 0 Å². The van der Waals surface area contributed by atoms with Crippen molar-refractivity contribution in [3.63, 3.8) is 0 Å². The van der Waals surface area contributed by atoms with E-state index in [9.17, 15) is 4.79 Å². The quantitative estimate of drug-likeness (QED) is 0.593. The molecule has 0 fully saturated rings. The molecule has 4 heteroatoms. The molecular weight excluding hydrogens is 158 g/mol. The highest BCUT2D eigenvalue weighted by atomic mass is 16.5. The van der Waals surface area contributed by atoms with Gasteiger partial charge in [0.2, 0.25) is 0 Å². The van der Waals surface area contributed by atoms with E-state index in [-0.39, 0.29) is 0 Å². The lowest BCUT2D eigenvalue weighted by molar-refractivity contribution is 0.102. The van der Waals surface area contributed by atoms with Gasteiger partial charge in [0, 0.05) is 19.6 Å². The molecule has 1 amide bonds. The van der Waals surface area contributed by atoms with E-state index in [4.69, 9.17) is 10.5 Å². The van der Waals surface area contributed by atoms with Crippen molar-refractivity contribution in [2.24, 2.45) is 5.73 Å². The molecule has 2 N–H and O–H groups in total. The van der Waals surface area contributed by atoms with Gasteiger partial charge in [-0.05, 0) is 6.42 Å². The van der Waals surface area contributed by atoms with Crippen LogP contribution < -0.4 is 5.73 Å². The average Bonchev–Trinajstić information content (AvgIpc) is 2.02. The third kappa shape index (κ3) is 9.23. The standard InChI is InChI=1S/C8H17NO3/c1-2-3-5-11-6-4-7-12-8(9)10/h2-7H2,1H3,(H2,9,10). The number of carbonyl (C=O) groups is 1. The van der Waals surface area contributed by atoms with Crippen LogP contribution in [0.4, 0.5) is 4.79 Å². The Morgan fingerprint density at radius 1 is 1.25 bits per heavy atom. The Morgan fingerprint density at radius 3 is 2.50 bits per heavy atom. The third-order valence-corrected chi connectivity index (χ3v) is 1.32. The van der Waals surface area contributed by atoms with Crippen molar-refractivity contribution >= 4 is 6.09 Å². The Labute approximate surface area is 73.0 Å². The number of carbonyl (C=O) groups excluding carboxylic acids is 1. The lowest BCUT2D eigenvalue weighted by Crippen LogP contribution is -2.14. The molecule has 0 rings (SSSR count). The third-order valence-electron chi connectivity index (χ3n) is 1.32. The zero-order chi connectivity index (χ0) is 9.23. The molecule has 0 bridgehead atoms. The van der Waals surface area contributed by atoms with Gasteiger partial charge >= 0.3 is 6.09 Å². The molecule has 12 heavy (non-hydrogen) atoms. The molecule has 0 saturated carbocycles. The highest BCUT2D eigenvalue weighted by Crippen LogP contribution is 1.90. The molecule has 0 heterocycles. The number of unbranched alkanes of at least 4 members (excludes halogenated alkanes) is 1. The van der Waals surface area contributed by atoms with Crippen LogP contribution in [0.15, 0.2) is 0 Å². The Bertz CT molecular complexity index is 117. The van der Waals surface area contributed by atoms with Gasteiger partial charge in [0.25, 0.3) is 0 Å². The molecule has 0 aliphatic carbocycles. The molecule has 0 radical (unpaired) electrons. The fraction of sp³-hybridized carbons (Fsp3) is 0.875.